The molecule has 1 rings (SSSR count). The second kappa shape index (κ2) is 6.13. The zero-order chi connectivity index (χ0) is 12.8. The molecule has 1 amide bonds. The van der Waals surface area contributed by atoms with Crippen LogP contribution in [0.2, 0.25) is 0 Å². The highest BCUT2D eigenvalue weighted by molar-refractivity contribution is 5.99. The molecule has 0 saturated carbocycles. The van der Waals surface area contributed by atoms with E-state index in [1.54, 1.807) is 18.2 Å². The van der Waals surface area contributed by atoms with Gasteiger partial charge in [-0.2, -0.15) is 0 Å². The van der Waals surface area contributed by atoms with Crippen molar-refractivity contribution in [2.75, 3.05) is 14.2 Å². The maximum atomic E-state index is 12.1. The third kappa shape index (κ3) is 3.12. The van der Waals surface area contributed by atoms with Crippen LogP contribution in [0, 0.1) is 0 Å². The molecule has 94 valence electrons. The molecule has 0 unspecified atom stereocenters. The van der Waals surface area contributed by atoms with E-state index >= 15 is 0 Å². The molecule has 0 aliphatic rings. The van der Waals surface area contributed by atoms with Crippen molar-refractivity contribution in [1.29, 1.82) is 0 Å². The highest BCUT2D eigenvalue weighted by atomic mass is 16.5. The van der Waals surface area contributed by atoms with Crippen molar-refractivity contribution in [2.24, 2.45) is 0 Å². The third-order valence-electron chi connectivity index (χ3n) is 2.64. The standard InChI is InChI=1S/C13H19NO3/c1-5-9(2)14-13(15)12-10(16-3)7-6-8-11(12)17-4/h6-9H,5H2,1-4H3,(H,14,15)/t9-/m1/s1. The maximum Gasteiger partial charge on any atom is 0.259 e. The van der Waals surface area contributed by atoms with Gasteiger partial charge in [-0.15, -0.1) is 0 Å². The lowest BCUT2D eigenvalue weighted by Crippen LogP contribution is -2.32. The third-order valence-corrected chi connectivity index (χ3v) is 2.64. The first kappa shape index (κ1) is 13.4. The molecule has 0 fully saturated rings. The highest BCUT2D eigenvalue weighted by Gasteiger charge is 2.18. The predicted molar refractivity (Wildman–Crippen MR) is 66.8 cm³/mol. The van der Waals surface area contributed by atoms with E-state index < -0.39 is 0 Å². The van der Waals surface area contributed by atoms with Crippen molar-refractivity contribution >= 4 is 5.91 Å². The van der Waals surface area contributed by atoms with Crippen LogP contribution in [0.25, 0.3) is 0 Å². The van der Waals surface area contributed by atoms with E-state index in [9.17, 15) is 4.79 Å². The topological polar surface area (TPSA) is 47.6 Å². The lowest BCUT2D eigenvalue weighted by molar-refractivity contribution is 0.0933. The predicted octanol–water partition coefficient (Wildman–Crippen LogP) is 2.23. The number of methoxy groups -OCH3 is 2. The first-order chi connectivity index (χ1) is 8.13. The van der Waals surface area contributed by atoms with E-state index in [1.165, 1.54) is 14.2 Å². The Morgan fingerprint density at radius 2 is 1.82 bits per heavy atom. The second-order valence-electron chi connectivity index (χ2n) is 3.82. The molecule has 1 atom stereocenters. The fourth-order valence-electron chi connectivity index (χ4n) is 1.47. The molecule has 17 heavy (non-hydrogen) atoms. The Morgan fingerprint density at radius 3 is 2.24 bits per heavy atom. The lowest BCUT2D eigenvalue weighted by Gasteiger charge is -2.15. The molecule has 0 aliphatic heterocycles. The monoisotopic (exact) mass is 237 g/mol. The minimum absolute atomic E-state index is 0.122. The fraction of sp³-hybridized carbons (Fsp3) is 0.462. The maximum absolute atomic E-state index is 12.1. The molecule has 0 bridgehead atoms. The molecular weight excluding hydrogens is 218 g/mol. The van der Waals surface area contributed by atoms with E-state index in [2.05, 4.69) is 5.32 Å². The van der Waals surface area contributed by atoms with Crippen molar-refractivity contribution in [2.45, 2.75) is 26.3 Å². The minimum Gasteiger partial charge on any atom is -0.496 e. The van der Waals surface area contributed by atoms with E-state index in [-0.39, 0.29) is 11.9 Å². The van der Waals surface area contributed by atoms with Crippen LogP contribution in [0.3, 0.4) is 0 Å². The lowest BCUT2D eigenvalue weighted by atomic mass is 10.1. The molecule has 0 aliphatic carbocycles. The van der Waals surface area contributed by atoms with Gasteiger partial charge in [0.25, 0.3) is 5.91 Å². The Hall–Kier alpha value is -1.71. The molecule has 0 saturated heterocycles. The molecule has 0 aromatic heterocycles. The van der Waals surface area contributed by atoms with Gasteiger partial charge in [-0.3, -0.25) is 4.79 Å². The summed E-state index contributed by atoms with van der Waals surface area (Å²) in [4.78, 5) is 12.1. The van der Waals surface area contributed by atoms with Crippen molar-refractivity contribution in [3.8, 4) is 11.5 Å². The van der Waals surface area contributed by atoms with E-state index in [1.807, 2.05) is 13.8 Å². The van der Waals surface area contributed by atoms with Gasteiger partial charge in [0, 0.05) is 6.04 Å². The van der Waals surface area contributed by atoms with Gasteiger partial charge in [-0.25, -0.2) is 0 Å². The molecule has 4 heteroatoms. The van der Waals surface area contributed by atoms with E-state index in [0.29, 0.717) is 17.1 Å². The number of carbonyl (C=O) groups excluding carboxylic acids is 1. The van der Waals surface area contributed by atoms with Crippen LogP contribution < -0.4 is 14.8 Å². The molecular formula is C13H19NO3. The van der Waals surface area contributed by atoms with Crippen molar-refractivity contribution in [1.82, 2.24) is 5.32 Å². The Kier molecular flexibility index (Phi) is 4.82. The summed E-state index contributed by atoms with van der Waals surface area (Å²) in [6, 6.07) is 5.40. The summed E-state index contributed by atoms with van der Waals surface area (Å²) in [5.74, 6) is 0.865. The quantitative estimate of drug-likeness (QED) is 0.854. The first-order valence-corrected chi connectivity index (χ1v) is 5.65. The molecule has 0 radical (unpaired) electrons. The molecule has 1 aromatic carbocycles. The zero-order valence-corrected chi connectivity index (χ0v) is 10.7. The normalized spacial score (nSPS) is 11.8. The molecule has 0 spiro atoms. The number of hydrogen-bond donors (Lipinski definition) is 1. The summed E-state index contributed by atoms with van der Waals surface area (Å²) >= 11 is 0. The largest absolute Gasteiger partial charge is 0.496 e. The Labute approximate surface area is 102 Å². The highest BCUT2D eigenvalue weighted by Crippen LogP contribution is 2.28. The van der Waals surface area contributed by atoms with Crippen molar-refractivity contribution in [3.63, 3.8) is 0 Å². The minimum atomic E-state index is -0.173. The van der Waals surface area contributed by atoms with E-state index in [0.717, 1.165) is 6.42 Å². The van der Waals surface area contributed by atoms with Crippen LogP contribution in [0.15, 0.2) is 18.2 Å². The number of benzene rings is 1. The van der Waals surface area contributed by atoms with Gasteiger partial charge in [0.15, 0.2) is 0 Å². The number of hydrogen-bond acceptors (Lipinski definition) is 3. The molecule has 1 N–H and O–H groups in total. The van der Waals surface area contributed by atoms with Crippen LogP contribution in [-0.2, 0) is 0 Å². The smallest absolute Gasteiger partial charge is 0.259 e. The summed E-state index contributed by atoms with van der Waals surface area (Å²) in [6.45, 7) is 3.98. The Balaban J connectivity index is 3.05. The molecule has 0 heterocycles. The number of amides is 1. The summed E-state index contributed by atoms with van der Waals surface area (Å²) in [5.41, 5.74) is 0.442. The van der Waals surface area contributed by atoms with Crippen LogP contribution in [0.1, 0.15) is 30.6 Å². The van der Waals surface area contributed by atoms with Gasteiger partial charge < -0.3 is 14.8 Å². The zero-order valence-electron chi connectivity index (χ0n) is 10.7. The van der Waals surface area contributed by atoms with Crippen LogP contribution >= 0.6 is 0 Å². The summed E-state index contributed by atoms with van der Waals surface area (Å²) in [5, 5.41) is 2.90. The van der Waals surface area contributed by atoms with Crippen LogP contribution in [0.4, 0.5) is 0 Å². The number of carbonyl (C=O) groups is 1. The van der Waals surface area contributed by atoms with Gasteiger partial charge in [-0.1, -0.05) is 13.0 Å². The van der Waals surface area contributed by atoms with Gasteiger partial charge in [0.1, 0.15) is 17.1 Å². The second-order valence-corrected chi connectivity index (χ2v) is 3.82. The number of rotatable bonds is 5. The SMILES string of the molecule is CC[C@@H](C)NC(=O)c1c(OC)cccc1OC. The van der Waals surface area contributed by atoms with Gasteiger partial charge in [-0.05, 0) is 25.5 Å². The van der Waals surface area contributed by atoms with E-state index in [4.69, 9.17) is 9.47 Å². The number of nitrogens with one attached hydrogen (secondary N) is 1. The fourth-order valence-corrected chi connectivity index (χ4v) is 1.47. The Bertz CT molecular complexity index is 368. The van der Waals surface area contributed by atoms with Crippen LogP contribution in [0.5, 0.6) is 11.5 Å². The summed E-state index contributed by atoms with van der Waals surface area (Å²) < 4.78 is 10.4. The number of ether oxygens (including phenoxy) is 2. The Morgan fingerprint density at radius 1 is 1.29 bits per heavy atom. The van der Waals surface area contributed by atoms with Crippen LogP contribution in [-0.4, -0.2) is 26.2 Å². The van der Waals surface area contributed by atoms with Crippen molar-refractivity contribution in [3.05, 3.63) is 23.8 Å². The summed E-state index contributed by atoms with van der Waals surface area (Å²) in [6.07, 6.45) is 0.878. The summed E-state index contributed by atoms with van der Waals surface area (Å²) in [7, 11) is 3.07. The van der Waals surface area contributed by atoms with Gasteiger partial charge >= 0.3 is 0 Å². The average molecular weight is 237 g/mol. The first-order valence-electron chi connectivity index (χ1n) is 5.65. The average Bonchev–Trinajstić information content (AvgIpc) is 2.37. The molecule has 4 nitrogen and oxygen atoms in total. The van der Waals surface area contributed by atoms with Gasteiger partial charge in [0.2, 0.25) is 0 Å². The van der Waals surface area contributed by atoms with Crippen molar-refractivity contribution < 1.29 is 14.3 Å². The van der Waals surface area contributed by atoms with Gasteiger partial charge in [0.05, 0.1) is 14.2 Å². The molecule has 1 aromatic rings.